The molecule has 2 aromatic rings. The molecule has 90 valence electrons. The minimum Gasteiger partial charge on any atom is -0.358 e. The maximum absolute atomic E-state index is 8.90. The second-order valence-electron chi connectivity index (χ2n) is 4.15. The fourth-order valence-electron chi connectivity index (χ4n) is 1.93. The van der Waals surface area contributed by atoms with E-state index in [-0.39, 0.29) is 0 Å². The van der Waals surface area contributed by atoms with Crippen LogP contribution in [0.4, 0.5) is 5.69 Å². The summed E-state index contributed by atoms with van der Waals surface area (Å²) < 4.78 is 0. The van der Waals surface area contributed by atoms with E-state index in [0.29, 0.717) is 6.54 Å². The van der Waals surface area contributed by atoms with Gasteiger partial charge < -0.3 is 4.90 Å². The molecule has 0 amide bonds. The maximum Gasteiger partial charge on any atom is 0.105 e. The van der Waals surface area contributed by atoms with Crippen molar-refractivity contribution in [1.82, 2.24) is 0 Å². The molecule has 0 saturated carbocycles. The zero-order chi connectivity index (χ0) is 12.6. The van der Waals surface area contributed by atoms with Crippen molar-refractivity contribution in [2.45, 2.75) is 6.42 Å². The van der Waals surface area contributed by atoms with Crippen LogP contribution in [0.1, 0.15) is 5.56 Å². The SMILES string of the molecule is N#CCN(CCc1ccccc1)c1ccccc1. The summed E-state index contributed by atoms with van der Waals surface area (Å²) in [5.41, 5.74) is 2.41. The third-order valence-corrected chi connectivity index (χ3v) is 2.90. The zero-order valence-electron chi connectivity index (χ0n) is 10.3. The highest BCUT2D eigenvalue weighted by Crippen LogP contribution is 2.13. The van der Waals surface area contributed by atoms with E-state index < -0.39 is 0 Å². The van der Waals surface area contributed by atoms with Crippen LogP contribution in [0.2, 0.25) is 0 Å². The second-order valence-corrected chi connectivity index (χ2v) is 4.15. The Labute approximate surface area is 108 Å². The lowest BCUT2D eigenvalue weighted by molar-refractivity contribution is 0.840. The van der Waals surface area contributed by atoms with E-state index in [1.807, 2.05) is 48.5 Å². The van der Waals surface area contributed by atoms with Gasteiger partial charge in [-0.25, -0.2) is 0 Å². The summed E-state index contributed by atoms with van der Waals surface area (Å²) >= 11 is 0. The molecule has 0 bridgehead atoms. The number of para-hydroxylation sites is 1. The molecular weight excluding hydrogens is 220 g/mol. The largest absolute Gasteiger partial charge is 0.358 e. The van der Waals surface area contributed by atoms with Crippen molar-refractivity contribution in [3.63, 3.8) is 0 Å². The molecular formula is C16H16N2. The standard InChI is InChI=1S/C16H16N2/c17-12-14-18(16-9-5-2-6-10-16)13-11-15-7-3-1-4-8-15/h1-10H,11,13-14H2. The first-order chi connectivity index (χ1) is 8.90. The van der Waals surface area contributed by atoms with Crippen LogP contribution in [0.3, 0.4) is 0 Å². The molecule has 0 heterocycles. The molecule has 0 aromatic heterocycles. The minimum atomic E-state index is 0.427. The molecule has 2 rings (SSSR count). The van der Waals surface area contributed by atoms with Gasteiger partial charge in [0.15, 0.2) is 0 Å². The van der Waals surface area contributed by atoms with E-state index >= 15 is 0 Å². The Morgan fingerprint density at radius 2 is 1.50 bits per heavy atom. The van der Waals surface area contributed by atoms with E-state index in [1.165, 1.54) is 5.56 Å². The predicted octanol–water partition coefficient (Wildman–Crippen LogP) is 3.26. The summed E-state index contributed by atoms with van der Waals surface area (Å²) in [5.74, 6) is 0. The molecule has 2 nitrogen and oxygen atoms in total. The van der Waals surface area contributed by atoms with Crippen LogP contribution in [0.25, 0.3) is 0 Å². The molecule has 0 aliphatic rings. The summed E-state index contributed by atoms with van der Waals surface area (Å²) in [5, 5.41) is 8.90. The summed E-state index contributed by atoms with van der Waals surface area (Å²) in [6, 6.07) is 22.7. The number of anilines is 1. The maximum atomic E-state index is 8.90. The summed E-state index contributed by atoms with van der Waals surface area (Å²) in [6.07, 6.45) is 0.956. The summed E-state index contributed by atoms with van der Waals surface area (Å²) in [6.45, 7) is 1.29. The molecule has 2 aromatic carbocycles. The molecule has 0 radical (unpaired) electrons. The molecule has 0 aliphatic carbocycles. The number of hydrogen-bond donors (Lipinski definition) is 0. The first-order valence-electron chi connectivity index (χ1n) is 6.11. The average Bonchev–Trinajstić information content (AvgIpc) is 2.45. The lowest BCUT2D eigenvalue weighted by Crippen LogP contribution is -2.26. The highest BCUT2D eigenvalue weighted by molar-refractivity contribution is 5.47. The third kappa shape index (κ3) is 3.36. The van der Waals surface area contributed by atoms with Gasteiger partial charge in [-0.15, -0.1) is 0 Å². The molecule has 0 fully saturated rings. The number of rotatable bonds is 5. The van der Waals surface area contributed by atoms with Gasteiger partial charge in [-0.1, -0.05) is 48.5 Å². The predicted molar refractivity (Wildman–Crippen MR) is 74.4 cm³/mol. The van der Waals surface area contributed by atoms with Crippen molar-refractivity contribution in [1.29, 1.82) is 5.26 Å². The molecule has 0 unspecified atom stereocenters. The fraction of sp³-hybridized carbons (Fsp3) is 0.188. The van der Waals surface area contributed by atoms with Gasteiger partial charge in [0.2, 0.25) is 0 Å². The molecule has 2 heteroatoms. The number of benzene rings is 2. The van der Waals surface area contributed by atoms with Crippen LogP contribution in [-0.2, 0) is 6.42 Å². The highest BCUT2D eigenvalue weighted by Gasteiger charge is 2.05. The Kier molecular flexibility index (Phi) is 4.38. The van der Waals surface area contributed by atoms with Crippen molar-refractivity contribution >= 4 is 5.69 Å². The number of nitrogens with zero attached hydrogens (tertiary/aromatic N) is 2. The molecule has 0 spiro atoms. The number of hydrogen-bond acceptors (Lipinski definition) is 2. The topological polar surface area (TPSA) is 27.0 Å². The smallest absolute Gasteiger partial charge is 0.105 e. The van der Waals surface area contributed by atoms with Crippen molar-refractivity contribution in [2.24, 2.45) is 0 Å². The van der Waals surface area contributed by atoms with E-state index in [1.54, 1.807) is 0 Å². The molecule has 0 aliphatic heterocycles. The Bertz CT molecular complexity index is 500. The minimum absolute atomic E-state index is 0.427. The first-order valence-corrected chi connectivity index (χ1v) is 6.11. The quantitative estimate of drug-likeness (QED) is 0.745. The van der Waals surface area contributed by atoms with E-state index in [0.717, 1.165) is 18.7 Å². The average molecular weight is 236 g/mol. The van der Waals surface area contributed by atoms with Gasteiger partial charge >= 0.3 is 0 Å². The molecule has 18 heavy (non-hydrogen) atoms. The first kappa shape index (κ1) is 12.2. The van der Waals surface area contributed by atoms with Crippen molar-refractivity contribution < 1.29 is 0 Å². The van der Waals surface area contributed by atoms with Crippen LogP contribution in [0.5, 0.6) is 0 Å². The van der Waals surface area contributed by atoms with Crippen LogP contribution in [0, 0.1) is 11.3 Å². The third-order valence-electron chi connectivity index (χ3n) is 2.90. The lowest BCUT2D eigenvalue weighted by Gasteiger charge is -2.21. The van der Waals surface area contributed by atoms with Crippen molar-refractivity contribution in [3.05, 3.63) is 66.2 Å². The van der Waals surface area contributed by atoms with E-state index in [9.17, 15) is 0 Å². The number of nitriles is 1. The summed E-state index contributed by atoms with van der Waals surface area (Å²) in [4.78, 5) is 2.10. The fourth-order valence-corrected chi connectivity index (χ4v) is 1.93. The van der Waals surface area contributed by atoms with Crippen molar-refractivity contribution in [2.75, 3.05) is 18.0 Å². The van der Waals surface area contributed by atoms with E-state index in [2.05, 4.69) is 23.1 Å². The van der Waals surface area contributed by atoms with Gasteiger partial charge in [0.1, 0.15) is 6.54 Å². The molecule has 0 N–H and O–H groups in total. The Morgan fingerprint density at radius 1 is 0.889 bits per heavy atom. The van der Waals surface area contributed by atoms with Gasteiger partial charge in [-0.3, -0.25) is 0 Å². The van der Waals surface area contributed by atoms with Crippen LogP contribution >= 0.6 is 0 Å². The Balaban J connectivity index is 2.02. The van der Waals surface area contributed by atoms with E-state index in [4.69, 9.17) is 5.26 Å². The second kappa shape index (κ2) is 6.46. The van der Waals surface area contributed by atoms with Crippen LogP contribution < -0.4 is 4.90 Å². The van der Waals surface area contributed by atoms with Crippen LogP contribution in [-0.4, -0.2) is 13.1 Å². The summed E-state index contributed by atoms with van der Waals surface area (Å²) in [7, 11) is 0. The van der Waals surface area contributed by atoms with Gasteiger partial charge in [-0.05, 0) is 24.1 Å². The Hall–Kier alpha value is -2.27. The molecule has 0 saturated heterocycles. The van der Waals surface area contributed by atoms with Crippen LogP contribution in [0.15, 0.2) is 60.7 Å². The molecule has 0 atom stereocenters. The normalized spacial score (nSPS) is 9.72. The van der Waals surface area contributed by atoms with Gasteiger partial charge in [0.05, 0.1) is 6.07 Å². The van der Waals surface area contributed by atoms with Gasteiger partial charge in [0, 0.05) is 12.2 Å². The lowest BCUT2D eigenvalue weighted by atomic mass is 10.1. The van der Waals surface area contributed by atoms with Crippen molar-refractivity contribution in [3.8, 4) is 6.07 Å². The zero-order valence-corrected chi connectivity index (χ0v) is 10.3. The van der Waals surface area contributed by atoms with Gasteiger partial charge in [-0.2, -0.15) is 5.26 Å². The van der Waals surface area contributed by atoms with Gasteiger partial charge in [0.25, 0.3) is 0 Å². The highest BCUT2D eigenvalue weighted by atomic mass is 15.1. The monoisotopic (exact) mass is 236 g/mol. The Morgan fingerprint density at radius 3 is 2.11 bits per heavy atom.